The Bertz CT molecular complexity index is 2730. The molecule has 4 amide bonds. The minimum atomic E-state index is -1.58. The molecule has 3 heterocycles. The van der Waals surface area contributed by atoms with Gasteiger partial charge in [0.2, 0.25) is 0 Å². The predicted molar refractivity (Wildman–Crippen MR) is 319 cm³/mol. The summed E-state index contributed by atoms with van der Waals surface area (Å²) in [5, 5.41) is 27.8. The quantitative estimate of drug-likeness (QED) is 0.0848. The lowest BCUT2D eigenvalue weighted by Crippen LogP contribution is -2.55. The first-order valence-electron chi connectivity index (χ1n) is 29.9. The van der Waals surface area contributed by atoms with Crippen LogP contribution in [0.2, 0.25) is 0 Å². The summed E-state index contributed by atoms with van der Waals surface area (Å²) < 4.78 is 27.8. The molecule has 5 rings (SSSR count). The number of benzene rings is 2. The Morgan fingerprint density at radius 1 is 0.430 bits per heavy atom. The molecule has 0 bridgehead atoms. The van der Waals surface area contributed by atoms with Crippen molar-refractivity contribution >= 4 is 47.5 Å². The molecule has 4 aromatic rings. The highest BCUT2D eigenvalue weighted by Gasteiger charge is 2.43. The molecule has 2 N–H and O–H groups in total. The zero-order chi connectivity index (χ0) is 63.7. The number of amides is 4. The van der Waals surface area contributed by atoms with Crippen LogP contribution in [0.25, 0.3) is 0 Å². The highest BCUT2D eigenvalue weighted by atomic mass is 16.6. The fraction of sp³-hybridized carbons (Fsp3) is 0.594. The lowest BCUT2D eigenvalue weighted by molar-refractivity contribution is -0.176. The molecular formula is C64H92N8O14. The maximum absolute atomic E-state index is 15.1. The molecule has 0 saturated carbocycles. The Labute approximate surface area is 506 Å². The second-order valence-electron chi connectivity index (χ2n) is 24.5. The standard InChI is InChI=1S/C64H92N8O14/c1-39(2)25-51-61(79)83-43(9)57(75)67(11)54(28-42(7)8)64(82)86-56(32-46-18-16-20-48(30-46)36-72-38-50(22-24-74)34-66-72)60(78)70(14)52(26-40(3)4)62(80)84-44(10)58(76)68(12)53(27-41(5)6)63(81)85-55(59(77)69(51)13)31-45-17-15-19-47(29-45)35-71-37-49(21-23-73)33-65-71/h15-20,29-30,33-34,37-44,51-56,73-74H,21-28,31-32,35-36H2,1-14H3/t43-,44-,51+,52+,53+,54+,55-,56-/m1/s1. The van der Waals surface area contributed by atoms with Gasteiger partial charge in [0.25, 0.3) is 23.6 Å². The van der Waals surface area contributed by atoms with Gasteiger partial charge in [-0.15, -0.1) is 0 Å². The molecule has 1 fully saturated rings. The normalized spacial score (nSPS) is 22.5. The maximum atomic E-state index is 15.1. The van der Waals surface area contributed by atoms with Crippen LogP contribution in [0.1, 0.15) is 128 Å². The van der Waals surface area contributed by atoms with Gasteiger partial charge in [0.05, 0.1) is 25.5 Å². The fourth-order valence-electron chi connectivity index (χ4n) is 10.5. The fourth-order valence-corrected chi connectivity index (χ4v) is 10.5. The Balaban J connectivity index is 1.60. The highest BCUT2D eigenvalue weighted by Crippen LogP contribution is 2.25. The maximum Gasteiger partial charge on any atom is 0.329 e. The number of hydrogen-bond acceptors (Lipinski definition) is 16. The number of aliphatic hydroxyl groups excluding tert-OH is 2. The first kappa shape index (κ1) is 69.3. The zero-order valence-corrected chi connectivity index (χ0v) is 52.7. The summed E-state index contributed by atoms with van der Waals surface area (Å²) in [6.45, 7) is 18.0. The van der Waals surface area contributed by atoms with Gasteiger partial charge in [0.1, 0.15) is 24.2 Å². The SMILES string of the molecule is CC(C)C[C@H]1C(=O)O[C@H](Cc2cccc(Cn3cc(CCO)cn3)c2)C(=O)N(C)[C@@H](CC(C)C)C(=O)O[C@H](C)C(=O)N(C)[C@@H](CC(C)C)C(=O)O[C@H](Cc2cccc(Cn3cc(CCO)cn3)c2)C(=O)N(C)[C@@H](CC(C)C)C(=O)O[C@H](C)C(=O)N1C. The first-order chi connectivity index (χ1) is 40.6. The third kappa shape index (κ3) is 19.8. The van der Waals surface area contributed by atoms with Gasteiger partial charge < -0.3 is 48.8 Å². The van der Waals surface area contributed by atoms with Crippen LogP contribution in [-0.2, 0) is 96.1 Å². The topological polar surface area (TPSA) is 263 Å². The van der Waals surface area contributed by atoms with E-state index < -0.39 is 96.1 Å². The van der Waals surface area contributed by atoms with Gasteiger partial charge in [0.15, 0.2) is 24.4 Å². The molecule has 86 heavy (non-hydrogen) atoms. The number of cyclic esters (lactones) is 4. The monoisotopic (exact) mass is 1200 g/mol. The molecule has 2 aromatic carbocycles. The Morgan fingerprint density at radius 3 is 1.02 bits per heavy atom. The average molecular weight is 1200 g/mol. The largest absolute Gasteiger partial charge is 0.451 e. The Hall–Kier alpha value is -7.46. The van der Waals surface area contributed by atoms with E-state index in [1.165, 1.54) is 42.0 Å². The van der Waals surface area contributed by atoms with Crippen LogP contribution in [0.15, 0.2) is 73.3 Å². The number of ether oxygens (including phenoxy) is 4. The molecule has 0 aliphatic carbocycles. The Kier molecular flexibility index (Phi) is 26.1. The number of esters is 4. The number of aromatic nitrogens is 4. The molecule has 22 nitrogen and oxygen atoms in total. The van der Waals surface area contributed by atoms with Crippen LogP contribution < -0.4 is 0 Å². The number of carbonyl (C=O) groups excluding carboxylic acids is 8. The second kappa shape index (κ2) is 32.3. The molecular weight excluding hydrogens is 1100 g/mol. The van der Waals surface area contributed by atoms with Crippen LogP contribution in [0.5, 0.6) is 0 Å². The summed E-state index contributed by atoms with van der Waals surface area (Å²) in [7, 11) is 5.52. The van der Waals surface area contributed by atoms with Crippen molar-refractivity contribution in [2.45, 2.75) is 182 Å². The van der Waals surface area contributed by atoms with Crippen molar-refractivity contribution in [3.8, 4) is 0 Å². The number of rotatable bonds is 20. The molecule has 1 aliphatic rings. The molecule has 0 radical (unpaired) electrons. The zero-order valence-electron chi connectivity index (χ0n) is 52.7. The molecule has 1 saturated heterocycles. The van der Waals surface area contributed by atoms with Crippen LogP contribution in [-0.4, -0.2) is 187 Å². The minimum Gasteiger partial charge on any atom is -0.451 e. The van der Waals surface area contributed by atoms with Crippen molar-refractivity contribution in [1.82, 2.24) is 39.2 Å². The predicted octanol–water partition coefficient (Wildman–Crippen LogP) is 5.22. The van der Waals surface area contributed by atoms with Crippen molar-refractivity contribution in [2.75, 3.05) is 41.4 Å². The summed E-state index contributed by atoms with van der Waals surface area (Å²) >= 11 is 0. The van der Waals surface area contributed by atoms with E-state index in [4.69, 9.17) is 18.9 Å². The number of hydrogen-bond donors (Lipinski definition) is 2. The smallest absolute Gasteiger partial charge is 0.329 e. The molecule has 1 aliphatic heterocycles. The van der Waals surface area contributed by atoms with E-state index in [-0.39, 0.29) is 75.4 Å². The molecule has 22 heteroatoms. The molecule has 0 spiro atoms. The molecule has 2 aromatic heterocycles. The summed E-state index contributed by atoms with van der Waals surface area (Å²) in [4.78, 5) is 123. The summed E-state index contributed by atoms with van der Waals surface area (Å²) in [5.74, 6) is -7.73. The van der Waals surface area contributed by atoms with Gasteiger partial charge in [-0.05, 0) is 109 Å². The van der Waals surface area contributed by atoms with Crippen LogP contribution >= 0.6 is 0 Å². The van der Waals surface area contributed by atoms with Crippen molar-refractivity contribution in [2.24, 2.45) is 23.7 Å². The van der Waals surface area contributed by atoms with Gasteiger partial charge >= 0.3 is 23.9 Å². The second-order valence-corrected chi connectivity index (χ2v) is 24.5. The number of nitrogens with zero attached hydrogens (tertiary/aromatic N) is 8. The first-order valence-corrected chi connectivity index (χ1v) is 29.9. The van der Waals surface area contributed by atoms with E-state index in [0.29, 0.717) is 37.1 Å². The lowest BCUT2D eigenvalue weighted by atomic mass is 9.99. The number of carbonyl (C=O) groups is 8. The van der Waals surface area contributed by atoms with E-state index in [2.05, 4.69) is 10.2 Å². The minimum absolute atomic E-state index is 0.0390. The van der Waals surface area contributed by atoms with Crippen molar-refractivity contribution in [3.05, 3.63) is 107 Å². The summed E-state index contributed by atoms with van der Waals surface area (Å²) in [6, 6.07) is 9.23. The lowest BCUT2D eigenvalue weighted by Gasteiger charge is -2.35. The van der Waals surface area contributed by atoms with E-state index in [9.17, 15) is 39.0 Å². The molecule has 8 atom stereocenters. The van der Waals surface area contributed by atoms with Crippen LogP contribution in [0.3, 0.4) is 0 Å². The number of likely N-dealkylation sites (N-methyl/N-ethyl adjacent to an activating group) is 4. The third-order valence-corrected chi connectivity index (χ3v) is 15.2. The van der Waals surface area contributed by atoms with Gasteiger partial charge in [-0.2, -0.15) is 10.2 Å². The van der Waals surface area contributed by atoms with Crippen molar-refractivity contribution < 1.29 is 67.5 Å². The van der Waals surface area contributed by atoms with Crippen LogP contribution in [0, 0.1) is 23.7 Å². The van der Waals surface area contributed by atoms with Crippen molar-refractivity contribution in [1.29, 1.82) is 0 Å². The summed E-state index contributed by atoms with van der Waals surface area (Å²) in [5.41, 5.74) is 4.44. The molecule has 472 valence electrons. The van der Waals surface area contributed by atoms with Gasteiger partial charge in [-0.3, -0.25) is 28.5 Å². The van der Waals surface area contributed by atoms with Gasteiger partial charge in [-0.25, -0.2) is 19.2 Å². The van der Waals surface area contributed by atoms with E-state index in [1.807, 2.05) is 92.0 Å². The van der Waals surface area contributed by atoms with E-state index in [1.54, 1.807) is 46.0 Å². The third-order valence-electron chi connectivity index (χ3n) is 15.2. The highest BCUT2D eigenvalue weighted by molar-refractivity contribution is 5.94. The summed E-state index contributed by atoms with van der Waals surface area (Å²) in [6.07, 6.45) is 1.52. The van der Waals surface area contributed by atoms with Crippen molar-refractivity contribution in [3.63, 3.8) is 0 Å². The molecule has 0 unspecified atom stereocenters. The van der Waals surface area contributed by atoms with E-state index >= 15 is 9.59 Å². The van der Waals surface area contributed by atoms with E-state index in [0.717, 1.165) is 41.9 Å². The Morgan fingerprint density at radius 2 is 0.721 bits per heavy atom. The van der Waals surface area contributed by atoms with Crippen LogP contribution in [0.4, 0.5) is 0 Å². The number of aliphatic hydroxyl groups is 2. The van der Waals surface area contributed by atoms with Gasteiger partial charge in [-0.1, -0.05) is 104 Å². The van der Waals surface area contributed by atoms with Gasteiger partial charge in [0, 0.05) is 66.6 Å². The average Bonchev–Trinajstić information content (AvgIpc) is 3.90.